The van der Waals surface area contributed by atoms with Crippen LogP contribution in [-0.4, -0.2) is 42.2 Å². The first kappa shape index (κ1) is 10.3. The van der Waals surface area contributed by atoms with E-state index in [0.717, 1.165) is 13.1 Å². The summed E-state index contributed by atoms with van der Waals surface area (Å²) in [6.07, 6.45) is 1.39. The molecule has 2 rings (SSSR count). The highest BCUT2D eigenvalue weighted by Crippen LogP contribution is 2.41. The summed E-state index contributed by atoms with van der Waals surface area (Å²) in [7, 11) is 0. The minimum absolute atomic E-state index is 0.0644. The van der Waals surface area contributed by atoms with Crippen molar-refractivity contribution < 1.29 is 13.9 Å². The highest BCUT2D eigenvalue weighted by atomic mass is 19.3. The van der Waals surface area contributed by atoms with E-state index in [9.17, 15) is 8.78 Å². The lowest BCUT2D eigenvalue weighted by Crippen LogP contribution is -2.51. The Morgan fingerprint density at radius 1 is 1.36 bits per heavy atom. The Balaban J connectivity index is 1.76. The molecule has 0 aromatic rings. The van der Waals surface area contributed by atoms with Gasteiger partial charge in [0.1, 0.15) is 0 Å². The average molecular weight is 205 g/mol. The maximum atomic E-state index is 13.2. The standard InChI is InChI=1S/C10H17F2NO/c11-10(12)3-1-2-9(10)6-13-4-8(5-13)7-14/h8-9,14H,1-7H2. The summed E-state index contributed by atoms with van der Waals surface area (Å²) < 4.78 is 26.5. The van der Waals surface area contributed by atoms with Crippen molar-refractivity contribution in [1.82, 2.24) is 4.90 Å². The molecule has 82 valence electrons. The minimum Gasteiger partial charge on any atom is -0.396 e. The van der Waals surface area contributed by atoms with Gasteiger partial charge in [-0.1, -0.05) is 0 Å². The van der Waals surface area contributed by atoms with Gasteiger partial charge in [-0.25, -0.2) is 8.78 Å². The fourth-order valence-corrected chi connectivity index (χ4v) is 2.48. The first-order valence-electron chi connectivity index (χ1n) is 5.33. The van der Waals surface area contributed by atoms with Crippen molar-refractivity contribution in [1.29, 1.82) is 0 Å². The van der Waals surface area contributed by atoms with Crippen molar-refractivity contribution in [3.8, 4) is 0 Å². The summed E-state index contributed by atoms with van der Waals surface area (Å²) in [6.45, 7) is 2.30. The zero-order chi connectivity index (χ0) is 10.2. The predicted octanol–water partition coefficient (Wildman–Crippen LogP) is 1.35. The van der Waals surface area contributed by atoms with Gasteiger partial charge in [-0.2, -0.15) is 0 Å². The largest absolute Gasteiger partial charge is 0.396 e. The van der Waals surface area contributed by atoms with Crippen LogP contribution in [0.2, 0.25) is 0 Å². The Kier molecular flexibility index (Phi) is 2.75. The second-order valence-electron chi connectivity index (χ2n) is 4.62. The highest BCUT2D eigenvalue weighted by Gasteiger charge is 2.45. The predicted molar refractivity (Wildman–Crippen MR) is 49.3 cm³/mol. The molecule has 1 aliphatic carbocycles. The molecule has 0 spiro atoms. The number of halogens is 2. The van der Waals surface area contributed by atoms with Crippen LogP contribution in [0.5, 0.6) is 0 Å². The lowest BCUT2D eigenvalue weighted by molar-refractivity contribution is -0.0624. The van der Waals surface area contributed by atoms with Crippen LogP contribution in [-0.2, 0) is 0 Å². The molecule has 0 bridgehead atoms. The smallest absolute Gasteiger partial charge is 0.252 e. The van der Waals surface area contributed by atoms with E-state index in [-0.39, 0.29) is 13.0 Å². The molecule has 1 unspecified atom stereocenters. The van der Waals surface area contributed by atoms with Crippen LogP contribution in [0.4, 0.5) is 8.78 Å². The lowest BCUT2D eigenvalue weighted by Gasteiger charge is -2.40. The maximum Gasteiger partial charge on any atom is 0.252 e. The monoisotopic (exact) mass is 205 g/mol. The third-order valence-electron chi connectivity index (χ3n) is 3.43. The molecule has 4 heteroatoms. The second-order valence-corrected chi connectivity index (χ2v) is 4.62. The molecular formula is C10H17F2NO. The van der Waals surface area contributed by atoms with Crippen molar-refractivity contribution >= 4 is 0 Å². The van der Waals surface area contributed by atoms with Gasteiger partial charge in [0, 0.05) is 44.5 Å². The molecule has 2 aliphatic rings. The van der Waals surface area contributed by atoms with Crippen LogP contribution in [0.3, 0.4) is 0 Å². The first-order valence-corrected chi connectivity index (χ1v) is 5.33. The number of aliphatic hydroxyl groups is 1. The number of rotatable bonds is 3. The lowest BCUT2D eigenvalue weighted by atomic mass is 9.97. The number of aliphatic hydroxyl groups excluding tert-OH is 1. The Morgan fingerprint density at radius 2 is 2.07 bits per heavy atom. The van der Waals surface area contributed by atoms with E-state index in [2.05, 4.69) is 0 Å². The number of hydrogen-bond acceptors (Lipinski definition) is 2. The number of nitrogens with zero attached hydrogens (tertiary/aromatic N) is 1. The van der Waals surface area contributed by atoms with Gasteiger partial charge >= 0.3 is 0 Å². The van der Waals surface area contributed by atoms with Crippen molar-refractivity contribution in [3.63, 3.8) is 0 Å². The van der Waals surface area contributed by atoms with Crippen LogP contribution in [0.15, 0.2) is 0 Å². The van der Waals surface area contributed by atoms with E-state index in [4.69, 9.17) is 5.11 Å². The molecule has 0 aromatic carbocycles. The van der Waals surface area contributed by atoms with E-state index >= 15 is 0 Å². The molecule has 0 radical (unpaired) electrons. The zero-order valence-corrected chi connectivity index (χ0v) is 8.25. The van der Waals surface area contributed by atoms with Crippen molar-refractivity contribution in [2.75, 3.05) is 26.2 Å². The summed E-state index contributed by atoms with van der Waals surface area (Å²) in [5, 5.41) is 8.79. The molecule has 2 fully saturated rings. The number of likely N-dealkylation sites (tertiary alicyclic amines) is 1. The Labute approximate surface area is 82.9 Å². The topological polar surface area (TPSA) is 23.5 Å². The molecule has 2 nitrogen and oxygen atoms in total. The fourth-order valence-electron chi connectivity index (χ4n) is 2.48. The quantitative estimate of drug-likeness (QED) is 0.751. The van der Waals surface area contributed by atoms with Gasteiger partial charge in [-0.05, 0) is 12.8 Å². The Morgan fingerprint density at radius 3 is 2.57 bits per heavy atom. The number of alkyl halides is 2. The van der Waals surface area contributed by atoms with Crippen LogP contribution < -0.4 is 0 Å². The highest BCUT2D eigenvalue weighted by molar-refractivity contribution is 4.89. The Bertz CT molecular complexity index is 204. The Hall–Kier alpha value is -0.220. The van der Waals surface area contributed by atoms with Crippen LogP contribution in [0, 0.1) is 11.8 Å². The fraction of sp³-hybridized carbons (Fsp3) is 1.00. The molecule has 14 heavy (non-hydrogen) atoms. The summed E-state index contributed by atoms with van der Waals surface area (Å²) >= 11 is 0. The van der Waals surface area contributed by atoms with Crippen LogP contribution in [0.25, 0.3) is 0 Å². The molecular weight excluding hydrogens is 188 g/mol. The van der Waals surface area contributed by atoms with Crippen LogP contribution >= 0.6 is 0 Å². The van der Waals surface area contributed by atoms with E-state index in [1.54, 1.807) is 0 Å². The molecule has 1 aliphatic heterocycles. The van der Waals surface area contributed by atoms with Gasteiger partial charge in [0.2, 0.25) is 0 Å². The van der Waals surface area contributed by atoms with Crippen molar-refractivity contribution in [2.45, 2.75) is 25.2 Å². The van der Waals surface area contributed by atoms with Gasteiger partial charge in [-0.3, -0.25) is 0 Å². The molecule has 1 N–H and O–H groups in total. The molecule has 1 saturated heterocycles. The molecule has 1 heterocycles. The summed E-state index contributed by atoms with van der Waals surface area (Å²) in [4.78, 5) is 2.03. The van der Waals surface area contributed by atoms with Crippen molar-refractivity contribution in [2.24, 2.45) is 11.8 Å². The third kappa shape index (κ3) is 1.91. The summed E-state index contributed by atoms with van der Waals surface area (Å²) in [6, 6.07) is 0. The first-order chi connectivity index (χ1) is 6.62. The SMILES string of the molecule is OCC1CN(CC2CCCC2(F)F)C1. The second kappa shape index (κ2) is 3.74. The molecule has 0 amide bonds. The molecule has 1 atom stereocenters. The van der Waals surface area contributed by atoms with E-state index < -0.39 is 11.8 Å². The normalized spacial score (nSPS) is 33.2. The summed E-state index contributed by atoms with van der Waals surface area (Å²) in [5.74, 6) is -2.56. The van der Waals surface area contributed by atoms with E-state index in [1.165, 1.54) is 0 Å². The van der Waals surface area contributed by atoms with E-state index in [1.807, 2.05) is 4.90 Å². The maximum absolute atomic E-state index is 13.2. The van der Waals surface area contributed by atoms with Gasteiger partial charge in [0.25, 0.3) is 5.92 Å². The van der Waals surface area contributed by atoms with Gasteiger partial charge in [0.15, 0.2) is 0 Å². The molecule has 0 aromatic heterocycles. The van der Waals surface area contributed by atoms with Gasteiger partial charge in [0.05, 0.1) is 0 Å². The third-order valence-corrected chi connectivity index (χ3v) is 3.43. The summed E-state index contributed by atoms with van der Waals surface area (Å²) in [5.41, 5.74) is 0. The van der Waals surface area contributed by atoms with Crippen LogP contribution in [0.1, 0.15) is 19.3 Å². The van der Waals surface area contributed by atoms with Gasteiger partial charge < -0.3 is 10.0 Å². The zero-order valence-electron chi connectivity index (χ0n) is 8.25. The minimum atomic E-state index is -2.44. The van der Waals surface area contributed by atoms with Crippen molar-refractivity contribution in [3.05, 3.63) is 0 Å². The number of hydrogen-bond donors (Lipinski definition) is 1. The average Bonchev–Trinajstić information content (AvgIpc) is 2.37. The van der Waals surface area contributed by atoms with E-state index in [0.29, 0.717) is 25.3 Å². The van der Waals surface area contributed by atoms with Gasteiger partial charge in [-0.15, -0.1) is 0 Å². The molecule has 1 saturated carbocycles.